The Hall–Kier alpha value is -2.24. The Bertz CT molecular complexity index is 818. The maximum atomic E-state index is 4.78. The van der Waals surface area contributed by atoms with Crippen molar-refractivity contribution in [2.45, 2.75) is 25.9 Å². The van der Waals surface area contributed by atoms with Gasteiger partial charge >= 0.3 is 0 Å². The van der Waals surface area contributed by atoms with Crippen LogP contribution in [0.2, 0.25) is 0 Å². The van der Waals surface area contributed by atoms with Gasteiger partial charge in [-0.05, 0) is 24.5 Å². The summed E-state index contributed by atoms with van der Waals surface area (Å²) in [5.74, 6) is 0.580. The lowest BCUT2D eigenvalue weighted by Crippen LogP contribution is -2.44. The highest BCUT2D eigenvalue weighted by Crippen LogP contribution is 2.28. The van der Waals surface area contributed by atoms with Crippen LogP contribution in [0.5, 0.6) is 0 Å². The van der Waals surface area contributed by atoms with Crippen LogP contribution in [-0.4, -0.2) is 34.0 Å². The number of nitrogens with zero attached hydrogens (tertiary/aromatic N) is 3. The molecule has 0 bridgehead atoms. The van der Waals surface area contributed by atoms with E-state index in [2.05, 4.69) is 63.9 Å². The zero-order valence-corrected chi connectivity index (χ0v) is 15.8. The molecule has 0 spiro atoms. The highest BCUT2D eigenvalue weighted by molar-refractivity contribution is 7.14. The first-order valence-corrected chi connectivity index (χ1v) is 10.1. The van der Waals surface area contributed by atoms with Gasteiger partial charge < -0.3 is 5.32 Å². The van der Waals surface area contributed by atoms with Gasteiger partial charge in [-0.1, -0.05) is 43.3 Å². The number of rotatable bonds is 5. The topological polar surface area (TPSA) is 41.1 Å². The molecule has 3 aromatic rings. The second-order valence-electron chi connectivity index (χ2n) is 6.98. The van der Waals surface area contributed by atoms with Crippen LogP contribution in [0.4, 0.5) is 5.13 Å². The van der Waals surface area contributed by atoms with E-state index in [1.807, 2.05) is 18.3 Å². The molecule has 2 unspecified atom stereocenters. The molecule has 1 saturated heterocycles. The summed E-state index contributed by atoms with van der Waals surface area (Å²) >= 11 is 1.70. The molecule has 0 amide bonds. The van der Waals surface area contributed by atoms with Gasteiger partial charge in [-0.15, -0.1) is 11.3 Å². The van der Waals surface area contributed by atoms with Crippen LogP contribution in [0.1, 0.15) is 19.0 Å². The first-order valence-electron chi connectivity index (χ1n) is 9.17. The molecule has 0 radical (unpaired) electrons. The number of hydrogen-bond acceptors (Lipinski definition) is 5. The summed E-state index contributed by atoms with van der Waals surface area (Å²) in [6, 6.07) is 17.0. The third-order valence-electron chi connectivity index (χ3n) is 4.98. The van der Waals surface area contributed by atoms with E-state index in [0.29, 0.717) is 12.0 Å². The van der Waals surface area contributed by atoms with Crippen molar-refractivity contribution in [1.82, 2.24) is 14.9 Å². The molecular weight excluding hydrogens is 340 g/mol. The third kappa shape index (κ3) is 4.11. The molecule has 26 heavy (non-hydrogen) atoms. The zero-order chi connectivity index (χ0) is 17.8. The van der Waals surface area contributed by atoms with E-state index in [4.69, 9.17) is 4.98 Å². The van der Waals surface area contributed by atoms with Gasteiger partial charge in [0.25, 0.3) is 0 Å². The fraction of sp³-hybridized carbons (Fsp3) is 0.333. The number of pyridine rings is 1. The predicted molar refractivity (Wildman–Crippen MR) is 108 cm³/mol. The Morgan fingerprint density at radius 2 is 2.00 bits per heavy atom. The first-order chi connectivity index (χ1) is 12.8. The minimum Gasteiger partial charge on any atom is -0.358 e. The van der Waals surface area contributed by atoms with Crippen LogP contribution in [0, 0.1) is 5.92 Å². The van der Waals surface area contributed by atoms with Crippen molar-refractivity contribution in [2.75, 3.05) is 18.4 Å². The molecule has 0 aliphatic carbocycles. The number of thiazole rings is 1. The summed E-state index contributed by atoms with van der Waals surface area (Å²) in [5, 5.41) is 6.83. The van der Waals surface area contributed by atoms with Crippen molar-refractivity contribution in [3.8, 4) is 11.3 Å². The largest absolute Gasteiger partial charge is 0.358 e. The number of nitrogens with one attached hydrogen (secondary N) is 1. The number of aromatic nitrogens is 2. The summed E-state index contributed by atoms with van der Waals surface area (Å²) in [4.78, 5) is 11.7. The van der Waals surface area contributed by atoms with Gasteiger partial charge in [-0.25, -0.2) is 4.98 Å². The quantitative estimate of drug-likeness (QED) is 0.722. The molecule has 1 aliphatic heterocycles. The number of hydrogen-bond donors (Lipinski definition) is 1. The van der Waals surface area contributed by atoms with Crippen LogP contribution in [0.15, 0.2) is 60.1 Å². The van der Waals surface area contributed by atoms with Gasteiger partial charge in [0.2, 0.25) is 0 Å². The molecule has 5 heteroatoms. The fourth-order valence-electron chi connectivity index (χ4n) is 3.55. The number of likely N-dealkylation sites (tertiary alicyclic amines) is 1. The van der Waals surface area contributed by atoms with Gasteiger partial charge in [-0.2, -0.15) is 0 Å². The van der Waals surface area contributed by atoms with Gasteiger partial charge in [0.15, 0.2) is 5.13 Å². The fourth-order valence-corrected chi connectivity index (χ4v) is 4.33. The average molecular weight is 365 g/mol. The Kier molecular flexibility index (Phi) is 5.27. The van der Waals surface area contributed by atoms with Crippen molar-refractivity contribution in [2.24, 2.45) is 5.92 Å². The second kappa shape index (κ2) is 7.98. The molecule has 2 aromatic heterocycles. The van der Waals surface area contributed by atoms with Gasteiger partial charge in [0, 0.05) is 42.8 Å². The minimum absolute atomic E-state index is 0.477. The van der Waals surface area contributed by atoms with Crippen molar-refractivity contribution in [1.29, 1.82) is 0 Å². The number of anilines is 1. The normalized spacial score (nSPS) is 20.8. The highest BCUT2D eigenvalue weighted by Gasteiger charge is 2.26. The monoisotopic (exact) mass is 364 g/mol. The maximum absolute atomic E-state index is 4.78. The van der Waals surface area contributed by atoms with Crippen LogP contribution in [-0.2, 0) is 6.54 Å². The SMILES string of the molecule is CC1CN(Cc2ccccn2)CCC1Nc1nc(-c2ccccc2)cs1. The zero-order valence-electron chi connectivity index (χ0n) is 15.0. The predicted octanol–water partition coefficient (Wildman–Crippen LogP) is 4.53. The lowest BCUT2D eigenvalue weighted by Gasteiger charge is -2.37. The van der Waals surface area contributed by atoms with Crippen LogP contribution in [0.3, 0.4) is 0 Å². The number of piperidine rings is 1. The smallest absolute Gasteiger partial charge is 0.183 e. The summed E-state index contributed by atoms with van der Waals surface area (Å²) in [5.41, 5.74) is 3.38. The van der Waals surface area contributed by atoms with Crippen LogP contribution < -0.4 is 5.32 Å². The Labute approximate surface area is 158 Å². The average Bonchev–Trinajstić information content (AvgIpc) is 3.14. The molecule has 134 valence electrons. The van der Waals surface area contributed by atoms with E-state index >= 15 is 0 Å². The van der Waals surface area contributed by atoms with E-state index in [1.165, 1.54) is 5.56 Å². The van der Waals surface area contributed by atoms with Gasteiger partial charge in [-0.3, -0.25) is 9.88 Å². The molecular formula is C21H24N4S. The Morgan fingerprint density at radius 1 is 1.15 bits per heavy atom. The van der Waals surface area contributed by atoms with E-state index in [-0.39, 0.29) is 0 Å². The summed E-state index contributed by atoms with van der Waals surface area (Å²) in [6.45, 7) is 5.45. The molecule has 1 aliphatic rings. The summed E-state index contributed by atoms with van der Waals surface area (Å²) in [6.07, 6.45) is 3.01. The van der Waals surface area contributed by atoms with E-state index < -0.39 is 0 Å². The number of benzene rings is 1. The summed E-state index contributed by atoms with van der Waals surface area (Å²) < 4.78 is 0. The molecule has 4 rings (SSSR count). The van der Waals surface area contributed by atoms with E-state index in [1.54, 1.807) is 11.3 Å². The molecule has 1 N–H and O–H groups in total. The maximum Gasteiger partial charge on any atom is 0.183 e. The van der Waals surface area contributed by atoms with Crippen molar-refractivity contribution >= 4 is 16.5 Å². The standard InChI is InChI=1S/C21H24N4S/c1-16-13-25(14-18-9-5-6-11-22-18)12-10-19(16)23-21-24-20(15-26-21)17-7-3-2-4-8-17/h2-9,11,15-16,19H,10,12-14H2,1H3,(H,23,24). The van der Waals surface area contributed by atoms with Crippen molar-refractivity contribution < 1.29 is 0 Å². The van der Waals surface area contributed by atoms with Gasteiger partial charge in [0.05, 0.1) is 11.4 Å². The Morgan fingerprint density at radius 3 is 2.77 bits per heavy atom. The summed E-state index contributed by atoms with van der Waals surface area (Å²) in [7, 11) is 0. The van der Waals surface area contributed by atoms with E-state index in [9.17, 15) is 0 Å². The molecule has 1 aromatic carbocycles. The molecule has 2 atom stereocenters. The van der Waals surface area contributed by atoms with Crippen molar-refractivity contribution in [3.05, 3.63) is 65.8 Å². The van der Waals surface area contributed by atoms with Crippen molar-refractivity contribution in [3.63, 3.8) is 0 Å². The van der Waals surface area contributed by atoms with Gasteiger partial charge in [0.1, 0.15) is 0 Å². The molecule has 1 fully saturated rings. The minimum atomic E-state index is 0.477. The third-order valence-corrected chi connectivity index (χ3v) is 5.76. The van der Waals surface area contributed by atoms with Crippen LogP contribution in [0.25, 0.3) is 11.3 Å². The van der Waals surface area contributed by atoms with E-state index in [0.717, 1.165) is 42.6 Å². The molecule has 3 heterocycles. The highest BCUT2D eigenvalue weighted by atomic mass is 32.1. The molecule has 4 nitrogen and oxygen atoms in total. The first kappa shape index (κ1) is 17.2. The lowest BCUT2D eigenvalue weighted by molar-refractivity contribution is 0.163. The molecule has 0 saturated carbocycles. The Balaban J connectivity index is 1.34. The van der Waals surface area contributed by atoms with Crippen LogP contribution >= 0.6 is 11.3 Å². The second-order valence-corrected chi connectivity index (χ2v) is 7.84. The lowest BCUT2D eigenvalue weighted by atomic mass is 9.94.